The molecule has 0 bridgehead atoms. The Morgan fingerprint density at radius 2 is 2.19 bits per heavy atom. The third-order valence-electron chi connectivity index (χ3n) is 5.34. The Hall–Kier alpha value is -2.54. The van der Waals surface area contributed by atoms with Crippen LogP contribution in [0.1, 0.15) is 51.6 Å². The Morgan fingerprint density at radius 3 is 2.69 bits per heavy atom. The van der Waals surface area contributed by atoms with E-state index in [1.54, 1.807) is 12.4 Å². The molecule has 2 aliphatic rings. The lowest BCUT2D eigenvalue weighted by molar-refractivity contribution is -0.0266. The van der Waals surface area contributed by atoms with Crippen molar-refractivity contribution in [3.05, 3.63) is 28.5 Å². The largest absolute Gasteiger partial charge is 0.467 e. The number of nitrogens with zero attached hydrogens (tertiary/aromatic N) is 6. The summed E-state index contributed by atoms with van der Waals surface area (Å²) in [6.07, 6.45) is 5.03. The molecule has 9 nitrogen and oxygen atoms in total. The van der Waals surface area contributed by atoms with E-state index in [9.17, 15) is 9.90 Å². The molecule has 1 aliphatic heterocycles. The molecule has 1 N–H and O–H groups in total. The number of hydrogen-bond acceptors (Lipinski definition) is 5. The van der Waals surface area contributed by atoms with Gasteiger partial charge in [-0.15, -0.1) is 0 Å². The lowest BCUT2D eigenvalue weighted by Gasteiger charge is -2.41. The van der Waals surface area contributed by atoms with E-state index < -0.39 is 17.7 Å². The van der Waals surface area contributed by atoms with E-state index in [-0.39, 0.29) is 18.5 Å². The van der Waals surface area contributed by atoms with Crippen molar-refractivity contribution >= 4 is 6.09 Å². The predicted octanol–water partition coefficient (Wildman–Crippen LogP) is 3.58. The molecular weight excluding hydrogens is 336 g/mol. The van der Waals surface area contributed by atoms with Crippen molar-refractivity contribution < 1.29 is 14.6 Å². The number of likely N-dealkylation sites (tertiary alicyclic amines) is 1. The van der Waals surface area contributed by atoms with Gasteiger partial charge in [0, 0.05) is 35.3 Å². The van der Waals surface area contributed by atoms with E-state index in [4.69, 9.17) is 10.3 Å². The van der Waals surface area contributed by atoms with Crippen LogP contribution < -0.4 is 4.74 Å². The lowest BCUT2D eigenvalue weighted by atomic mass is 9.74. The van der Waals surface area contributed by atoms with E-state index in [0.717, 1.165) is 18.5 Å². The first kappa shape index (κ1) is 18.3. The minimum atomic E-state index is -1.05. The molecule has 3 rings (SSSR count). The first-order valence-electron chi connectivity index (χ1n) is 8.77. The third-order valence-corrected chi connectivity index (χ3v) is 5.34. The molecule has 1 aliphatic carbocycles. The van der Waals surface area contributed by atoms with E-state index in [2.05, 4.69) is 20.0 Å². The van der Waals surface area contributed by atoms with Crippen LogP contribution in [0.3, 0.4) is 0 Å². The predicted molar refractivity (Wildman–Crippen MR) is 94.0 cm³/mol. The van der Waals surface area contributed by atoms with Gasteiger partial charge in [0.15, 0.2) is 0 Å². The van der Waals surface area contributed by atoms with Gasteiger partial charge < -0.3 is 14.7 Å². The molecule has 0 radical (unpaired) electrons. The van der Waals surface area contributed by atoms with Gasteiger partial charge >= 0.3 is 6.09 Å². The summed E-state index contributed by atoms with van der Waals surface area (Å²) in [7, 11) is 0. The number of carboxylic acid groups (broad SMARTS) is 1. The summed E-state index contributed by atoms with van der Waals surface area (Å²) in [5.41, 5.74) is 8.43. The zero-order chi connectivity index (χ0) is 18.9. The Morgan fingerprint density at radius 1 is 1.46 bits per heavy atom. The number of aromatic nitrogens is 2. The molecule has 1 aromatic heterocycles. The maximum atomic E-state index is 11.7. The molecule has 1 amide bonds. The molecule has 26 heavy (non-hydrogen) atoms. The van der Waals surface area contributed by atoms with Crippen LogP contribution in [0.25, 0.3) is 10.4 Å². The van der Waals surface area contributed by atoms with Crippen molar-refractivity contribution in [3.63, 3.8) is 0 Å². The molecule has 2 atom stereocenters. The molecule has 2 fully saturated rings. The Bertz CT molecular complexity index is 721. The molecule has 1 saturated heterocycles. The molecular formula is C17H24N6O3. The number of azide groups is 1. The van der Waals surface area contributed by atoms with Crippen molar-refractivity contribution in [2.75, 3.05) is 13.1 Å². The number of ether oxygens (including phenoxy) is 1. The van der Waals surface area contributed by atoms with Crippen LogP contribution in [0.4, 0.5) is 4.79 Å². The van der Waals surface area contributed by atoms with E-state index >= 15 is 0 Å². The Kier molecular flexibility index (Phi) is 4.66. The van der Waals surface area contributed by atoms with Crippen LogP contribution in [0, 0.1) is 5.41 Å². The highest BCUT2D eigenvalue weighted by Crippen LogP contribution is 2.44. The smallest absolute Gasteiger partial charge is 0.407 e. The highest BCUT2D eigenvalue weighted by Gasteiger charge is 2.54. The summed E-state index contributed by atoms with van der Waals surface area (Å²) in [5, 5.41) is 13.1. The van der Waals surface area contributed by atoms with Crippen LogP contribution in [-0.2, 0) is 0 Å². The van der Waals surface area contributed by atoms with Crippen LogP contribution in [-0.4, -0.2) is 50.8 Å². The number of amides is 1. The van der Waals surface area contributed by atoms with Gasteiger partial charge in [0.05, 0.1) is 24.6 Å². The topological polar surface area (TPSA) is 124 Å². The summed E-state index contributed by atoms with van der Waals surface area (Å²) in [5.74, 6) is 0.898. The molecule has 140 valence electrons. The first-order valence-corrected chi connectivity index (χ1v) is 8.77. The maximum Gasteiger partial charge on any atom is 0.407 e. The molecule has 0 unspecified atom stereocenters. The number of hydrogen-bond donors (Lipinski definition) is 1. The van der Waals surface area contributed by atoms with E-state index in [1.165, 1.54) is 4.90 Å². The maximum absolute atomic E-state index is 11.7. The lowest BCUT2D eigenvalue weighted by Crippen LogP contribution is -2.51. The van der Waals surface area contributed by atoms with Crippen LogP contribution in [0.5, 0.6) is 5.88 Å². The van der Waals surface area contributed by atoms with Crippen molar-refractivity contribution in [1.29, 1.82) is 0 Å². The van der Waals surface area contributed by atoms with E-state index in [0.29, 0.717) is 18.2 Å². The van der Waals surface area contributed by atoms with Crippen LogP contribution in [0.2, 0.25) is 0 Å². The van der Waals surface area contributed by atoms with Crippen molar-refractivity contribution in [1.82, 2.24) is 14.9 Å². The molecule has 0 spiro atoms. The quantitative estimate of drug-likeness (QED) is 0.488. The highest BCUT2D eigenvalue weighted by atomic mass is 16.5. The van der Waals surface area contributed by atoms with Gasteiger partial charge in [0.2, 0.25) is 5.88 Å². The highest BCUT2D eigenvalue weighted by molar-refractivity contribution is 5.66. The standard InChI is InChI=1S/C17H24N6O3/c1-16(2,3)17(6-12(7-21-22-18)23(10-17)15(24)25)26-14-9-19-13(8-20-14)11-4-5-11/h8-9,11-12H,4-7,10H2,1-3H3,(H,24,25)/t12-,17+/m0/s1. The van der Waals surface area contributed by atoms with Gasteiger partial charge in [0.1, 0.15) is 5.60 Å². The second-order valence-electron chi connectivity index (χ2n) is 8.08. The van der Waals surface area contributed by atoms with E-state index in [1.807, 2.05) is 20.8 Å². The Labute approximate surface area is 152 Å². The molecule has 1 aromatic rings. The fourth-order valence-corrected chi connectivity index (χ4v) is 3.42. The molecule has 9 heteroatoms. The fraction of sp³-hybridized carbons (Fsp3) is 0.706. The normalized spacial score (nSPS) is 25.7. The SMILES string of the molecule is CC(C)(C)[C@@]1(Oc2cnc(C3CC3)cn2)C[C@@H](CN=[N+]=[N-])N(C(=O)O)C1. The summed E-state index contributed by atoms with van der Waals surface area (Å²) < 4.78 is 6.26. The van der Waals surface area contributed by atoms with Crippen LogP contribution >= 0.6 is 0 Å². The minimum absolute atomic E-state index is 0.0796. The molecule has 2 heterocycles. The second-order valence-corrected chi connectivity index (χ2v) is 8.08. The van der Waals surface area contributed by atoms with Gasteiger partial charge in [-0.05, 0) is 18.4 Å². The average molecular weight is 360 g/mol. The summed E-state index contributed by atoms with van der Waals surface area (Å²) >= 11 is 0. The third kappa shape index (κ3) is 3.53. The number of carbonyl (C=O) groups is 1. The second kappa shape index (κ2) is 6.64. The summed E-state index contributed by atoms with van der Waals surface area (Å²) in [4.78, 5) is 24.6. The van der Waals surface area contributed by atoms with Gasteiger partial charge in [-0.1, -0.05) is 25.9 Å². The zero-order valence-corrected chi connectivity index (χ0v) is 15.3. The van der Waals surface area contributed by atoms with Crippen LogP contribution in [0.15, 0.2) is 17.5 Å². The van der Waals surface area contributed by atoms with Gasteiger partial charge in [-0.3, -0.25) is 4.98 Å². The molecule has 0 aromatic carbocycles. The summed E-state index contributed by atoms with van der Waals surface area (Å²) in [6.45, 7) is 6.29. The molecule has 1 saturated carbocycles. The summed E-state index contributed by atoms with van der Waals surface area (Å²) in [6, 6.07) is -0.429. The van der Waals surface area contributed by atoms with Gasteiger partial charge in [0.25, 0.3) is 0 Å². The van der Waals surface area contributed by atoms with Gasteiger partial charge in [-0.25, -0.2) is 9.78 Å². The van der Waals surface area contributed by atoms with Crippen molar-refractivity contribution in [2.24, 2.45) is 10.5 Å². The van der Waals surface area contributed by atoms with Crippen molar-refractivity contribution in [3.8, 4) is 5.88 Å². The van der Waals surface area contributed by atoms with Gasteiger partial charge in [-0.2, -0.15) is 0 Å². The first-order chi connectivity index (χ1) is 12.3. The number of rotatable bonds is 5. The Balaban J connectivity index is 1.86. The average Bonchev–Trinajstić information content (AvgIpc) is 3.34. The zero-order valence-electron chi connectivity index (χ0n) is 15.3. The monoisotopic (exact) mass is 360 g/mol. The van der Waals surface area contributed by atoms with Crippen molar-refractivity contribution in [2.45, 2.75) is 57.6 Å². The minimum Gasteiger partial charge on any atom is -0.467 e. The fourth-order valence-electron chi connectivity index (χ4n) is 3.42.